The zero-order valence-electron chi connectivity index (χ0n) is 15.3. The second kappa shape index (κ2) is 7.82. The van der Waals surface area contributed by atoms with E-state index in [0.717, 1.165) is 17.9 Å². The number of para-hydroxylation sites is 1. The van der Waals surface area contributed by atoms with Gasteiger partial charge in [-0.3, -0.25) is 4.79 Å². The zero-order valence-corrected chi connectivity index (χ0v) is 15.3. The van der Waals surface area contributed by atoms with Crippen LogP contribution in [0.4, 0.5) is 0 Å². The van der Waals surface area contributed by atoms with Crippen LogP contribution in [0.2, 0.25) is 0 Å². The van der Waals surface area contributed by atoms with E-state index in [2.05, 4.69) is 45.1 Å². The highest BCUT2D eigenvalue weighted by atomic mass is 16.5. The highest BCUT2D eigenvalue weighted by Gasteiger charge is 2.29. The summed E-state index contributed by atoms with van der Waals surface area (Å²) in [6, 6.07) is 18.1. The fourth-order valence-corrected chi connectivity index (χ4v) is 3.54. The van der Waals surface area contributed by atoms with Crippen molar-refractivity contribution in [1.82, 2.24) is 20.7 Å². The molecule has 6 heteroatoms. The number of methoxy groups -OCH3 is 1. The van der Waals surface area contributed by atoms with Crippen molar-refractivity contribution in [3.63, 3.8) is 0 Å². The van der Waals surface area contributed by atoms with Crippen LogP contribution in [0.1, 0.15) is 18.0 Å². The Kier molecular flexibility index (Phi) is 5.09. The Hall–Kier alpha value is -2.83. The molecule has 3 aromatic rings. The predicted octanol–water partition coefficient (Wildman–Crippen LogP) is 2.37. The molecule has 140 valence electrons. The van der Waals surface area contributed by atoms with Crippen molar-refractivity contribution in [3.8, 4) is 5.75 Å². The molecule has 1 amide bonds. The Bertz CT molecular complexity index is 919. The predicted molar refractivity (Wildman–Crippen MR) is 105 cm³/mol. The molecule has 1 aliphatic heterocycles. The van der Waals surface area contributed by atoms with Gasteiger partial charge in [0.25, 0.3) is 0 Å². The van der Waals surface area contributed by atoms with Crippen LogP contribution in [0.5, 0.6) is 5.75 Å². The quantitative estimate of drug-likeness (QED) is 0.628. The molecule has 0 saturated carbocycles. The van der Waals surface area contributed by atoms with Crippen molar-refractivity contribution in [1.29, 1.82) is 0 Å². The molecule has 2 heterocycles. The third-order valence-electron chi connectivity index (χ3n) is 5.07. The first-order valence-electron chi connectivity index (χ1n) is 9.21. The van der Waals surface area contributed by atoms with Gasteiger partial charge in [0.2, 0.25) is 5.91 Å². The number of hydrogen-bond donors (Lipinski definition) is 3. The number of aromatic nitrogens is 1. The topological polar surface area (TPSA) is 67.3 Å². The third-order valence-corrected chi connectivity index (χ3v) is 5.07. The minimum Gasteiger partial charge on any atom is -0.497 e. The van der Waals surface area contributed by atoms with Crippen LogP contribution in [0.3, 0.4) is 0 Å². The molecule has 3 N–H and O–H groups in total. The third kappa shape index (κ3) is 3.82. The van der Waals surface area contributed by atoms with Crippen molar-refractivity contribution in [2.45, 2.75) is 25.0 Å². The van der Waals surface area contributed by atoms with E-state index in [4.69, 9.17) is 4.74 Å². The van der Waals surface area contributed by atoms with Gasteiger partial charge in [-0.15, -0.1) is 0 Å². The number of carbonyl (C=O) groups excluding carboxylic acids is 1. The molecule has 1 fully saturated rings. The maximum Gasteiger partial charge on any atom is 0.238 e. The molecule has 1 aromatic heterocycles. The molecule has 2 aromatic carbocycles. The molecule has 2 unspecified atom stereocenters. The number of nitrogens with zero attached hydrogens (tertiary/aromatic N) is 1. The molecule has 1 aliphatic rings. The number of ether oxygens (including phenoxy) is 1. The number of rotatable bonds is 6. The van der Waals surface area contributed by atoms with Gasteiger partial charge < -0.3 is 14.6 Å². The first-order valence-corrected chi connectivity index (χ1v) is 9.21. The fourth-order valence-electron chi connectivity index (χ4n) is 3.54. The summed E-state index contributed by atoms with van der Waals surface area (Å²) in [5.41, 5.74) is 8.64. The van der Waals surface area contributed by atoms with Gasteiger partial charge in [0, 0.05) is 30.8 Å². The Morgan fingerprint density at radius 3 is 2.78 bits per heavy atom. The van der Waals surface area contributed by atoms with E-state index in [1.54, 1.807) is 7.11 Å². The average molecular weight is 364 g/mol. The Morgan fingerprint density at radius 2 is 1.96 bits per heavy atom. The fraction of sp³-hybridized carbons (Fsp3) is 0.286. The van der Waals surface area contributed by atoms with E-state index in [0.29, 0.717) is 13.0 Å². The number of benzene rings is 2. The molecule has 0 spiro atoms. The van der Waals surface area contributed by atoms with E-state index in [9.17, 15) is 4.79 Å². The van der Waals surface area contributed by atoms with E-state index in [1.165, 1.54) is 10.9 Å². The van der Waals surface area contributed by atoms with Crippen LogP contribution in [0.15, 0.2) is 60.8 Å². The maximum atomic E-state index is 12.5. The maximum absolute atomic E-state index is 12.5. The highest BCUT2D eigenvalue weighted by Crippen LogP contribution is 2.24. The van der Waals surface area contributed by atoms with Gasteiger partial charge >= 0.3 is 0 Å². The summed E-state index contributed by atoms with van der Waals surface area (Å²) in [5, 5.41) is 4.25. The Morgan fingerprint density at radius 1 is 1.15 bits per heavy atom. The van der Waals surface area contributed by atoms with E-state index >= 15 is 0 Å². The normalized spacial score (nSPS) is 19.3. The minimum absolute atomic E-state index is 0.0231. The van der Waals surface area contributed by atoms with Gasteiger partial charge in [-0.25, -0.2) is 10.9 Å². The van der Waals surface area contributed by atoms with Crippen LogP contribution in [0.25, 0.3) is 10.9 Å². The molecule has 6 nitrogen and oxygen atoms in total. The summed E-state index contributed by atoms with van der Waals surface area (Å²) in [6.07, 6.45) is 2.77. The van der Waals surface area contributed by atoms with Crippen LogP contribution >= 0.6 is 0 Å². The first-order chi connectivity index (χ1) is 13.2. The second-order valence-corrected chi connectivity index (χ2v) is 6.76. The number of nitrogens with one attached hydrogen (secondary N) is 3. The first kappa shape index (κ1) is 17.6. The van der Waals surface area contributed by atoms with E-state index in [1.807, 2.05) is 36.4 Å². The molecule has 4 rings (SSSR count). The lowest BCUT2D eigenvalue weighted by Crippen LogP contribution is -2.44. The Labute approximate surface area is 158 Å². The number of carbonyl (C=O) groups is 1. The van der Waals surface area contributed by atoms with Crippen molar-refractivity contribution in [3.05, 3.63) is 66.4 Å². The smallest absolute Gasteiger partial charge is 0.238 e. The van der Waals surface area contributed by atoms with Crippen LogP contribution in [0, 0.1) is 0 Å². The standard InChI is InChI=1S/C21H24N4O2/c1-27-17-8-6-15(7-9-17)18-14-19(24-23-18)21(26)22-11-13-25-12-10-16-4-2-3-5-20(16)25/h2-10,12,18-19,23-24H,11,13-14H2,1H3,(H,22,26). The van der Waals surface area contributed by atoms with Crippen molar-refractivity contribution >= 4 is 16.8 Å². The lowest BCUT2D eigenvalue weighted by molar-refractivity contribution is -0.122. The van der Waals surface area contributed by atoms with Gasteiger partial charge in [-0.1, -0.05) is 30.3 Å². The number of amides is 1. The van der Waals surface area contributed by atoms with Gasteiger partial charge in [0.1, 0.15) is 11.8 Å². The monoisotopic (exact) mass is 364 g/mol. The summed E-state index contributed by atoms with van der Waals surface area (Å²) in [5.74, 6) is 0.853. The largest absolute Gasteiger partial charge is 0.497 e. The molecule has 0 bridgehead atoms. The van der Waals surface area contributed by atoms with Crippen molar-refractivity contribution in [2.75, 3.05) is 13.7 Å². The van der Waals surface area contributed by atoms with Crippen molar-refractivity contribution < 1.29 is 9.53 Å². The summed E-state index contributed by atoms with van der Waals surface area (Å²) >= 11 is 0. The summed E-state index contributed by atoms with van der Waals surface area (Å²) in [6.45, 7) is 1.35. The molecular weight excluding hydrogens is 340 g/mol. The SMILES string of the molecule is COc1ccc(C2CC(C(=O)NCCn3ccc4ccccc43)NN2)cc1. The van der Waals surface area contributed by atoms with Gasteiger partial charge in [-0.2, -0.15) is 0 Å². The van der Waals surface area contributed by atoms with Gasteiger partial charge in [0.05, 0.1) is 7.11 Å². The number of hydrazine groups is 1. The molecule has 27 heavy (non-hydrogen) atoms. The number of fused-ring (bicyclic) bond motifs is 1. The van der Waals surface area contributed by atoms with Crippen molar-refractivity contribution in [2.24, 2.45) is 0 Å². The molecule has 0 radical (unpaired) electrons. The molecular formula is C21H24N4O2. The number of hydrogen-bond acceptors (Lipinski definition) is 4. The molecule has 2 atom stereocenters. The second-order valence-electron chi connectivity index (χ2n) is 6.76. The summed E-state index contributed by atoms with van der Waals surface area (Å²) < 4.78 is 7.35. The zero-order chi connectivity index (χ0) is 18.6. The minimum atomic E-state index is -0.237. The highest BCUT2D eigenvalue weighted by molar-refractivity contribution is 5.82. The van der Waals surface area contributed by atoms with Crippen LogP contribution in [-0.2, 0) is 11.3 Å². The Balaban J connectivity index is 1.29. The summed E-state index contributed by atoms with van der Waals surface area (Å²) in [7, 11) is 1.65. The lowest BCUT2D eigenvalue weighted by atomic mass is 10.0. The van der Waals surface area contributed by atoms with Gasteiger partial charge in [0.15, 0.2) is 0 Å². The van der Waals surface area contributed by atoms with E-state index < -0.39 is 0 Å². The van der Waals surface area contributed by atoms with Gasteiger partial charge in [-0.05, 0) is 41.6 Å². The average Bonchev–Trinajstić information content (AvgIpc) is 3.36. The lowest BCUT2D eigenvalue weighted by Gasteiger charge is -2.12. The molecule has 1 saturated heterocycles. The van der Waals surface area contributed by atoms with Crippen LogP contribution < -0.4 is 20.9 Å². The van der Waals surface area contributed by atoms with E-state index in [-0.39, 0.29) is 18.0 Å². The van der Waals surface area contributed by atoms with Crippen LogP contribution in [-0.4, -0.2) is 30.2 Å². The molecule has 0 aliphatic carbocycles. The summed E-state index contributed by atoms with van der Waals surface area (Å²) in [4.78, 5) is 12.5.